The maximum Gasteiger partial charge on any atom is 0.0687 e. The lowest BCUT2D eigenvalue weighted by molar-refractivity contribution is 0.0924. The van der Waals surface area contributed by atoms with E-state index in [0.717, 1.165) is 19.4 Å². The third kappa shape index (κ3) is 4.96. The van der Waals surface area contributed by atoms with Crippen molar-refractivity contribution in [3.63, 3.8) is 0 Å². The fraction of sp³-hybridized carbons (Fsp3) is 1.00. The molecule has 0 saturated heterocycles. The molecular weight excluding hydrogens is 190 g/mol. The average molecular weight is 217 g/mol. The molecule has 0 radical (unpaired) electrons. The van der Waals surface area contributed by atoms with Gasteiger partial charge in [-0.3, -0.25) is 0 Å². The van der Waals surface area contributed by atoms with Gasteiger partial charge >= 0.3 is 0 Å². The second-order valence-electron chi connectivity index (χ2n) is 4.81. The van der Waals surface area contributed by atoms with E-state index in [9.17, 15) is 10.2 Å². The molecule has 0 saturated carbocycles. The molecule has 0 heterocycles. The summed E-state index contributed by atoms with van der Waals surface area (Å²) in [5, 5.41) is 22.2. The second-order valence-corrected chi connectivity index (χ2v) is 4.81. The van der Waals surface area contributed by atoms with Crippen molar-refractivity contribution in [1.82, 2.24) is 5.32 Å². The SMILES string of the molecule is CCC(CC)(CO)CNCC(O)C(C)C. The predicted octanol–water partition coefficient (Wildman–Crippen LogP) is 1.39. The zero-order valence-electron chi connectivity index (χ0n) is 10.6. The normalized spacial score (nSPS) is 14.6. The van der Waals surface area contributed by atoms with E-state index in [1.807, 2.05) is 13.8 Å². The molecule has 0 amide bonds. The molecule has 0 aromatic heterocycles. The summed E-state index contributed by atoms with van der Waals surface area (Å²) >= 11 is 0. The first-order valence-electron chi connectivity index (χ1n) is 6.01. The summed E-state index contributed by atoms with van der Waals surface area (Å²) in [5.74, 6) is 0.282. The first-order chi connectivity index (χ1) is 7.01. The zero-order valence-corrected chi connectivity index (χ0v) is 10.6. The van der Waals surface area contributed by atoms with Crippen LogP contribution in [0.2, 0.25) is 0 Å². The van der Waals surface area contributed by atoms with Crippen LogP contribution in [0.15, 0.2) is 0 Å². The standard InChI is InChI=1S/C12H27NO2/c1-5-12(6-2,9-14)8-13-7-11(15)10(3)4/h10-11,13-15H,5-9H2,1-4H3. The molecule has 1 unspecified atom stereocenters. The lowest BCUT2D eigenvalue weighted by atomic mass is 9.83. The molecule has 0 rings (SSSR count). The van der Waals surface area contributed by atoms with E-state index in [2.05, 4.69) is 19.2 Å². The number of rotatable bonds is 8. The Morgan fingerprint density at radius 3 is 2.07 bits per heavy atom. The molecule has 92 valence electrons. The Hall–Kier alpha value is -0.120. The lowest BCUT2D eigenvalue weighted by Crippen LogP contribution is -2.40. The molecule has 0 aliphatic carbocycles. The summed E-state index contributed by atoms with van der Waals surface area (Å²) in [6, 6.07) is 0. The highest BCUT2D eigenvalue weighted by atomic mass is 16.3. The van der Waals surface area contributed by atoms with E-state index in [0.29, 0.717) is 6.54 Å². The van der Waals surface area contributed by atoms with E-state index in [4.69, 9.17) is 0 Å². The summed E-state index contributed by atoms with van der Waals surface area (Å²) < 4.78 is 0. The largest absolute Gasteiger partial charge is 0.396 e. The van der Waals surface area contributed by atoms with E-state index in [1.54, 1.807) is 0 Å². The van der Waals surface area contributed by atoms with Crippen LogP contribution in [0.3, 0.4) is 0 Å². The molecule has 0 aliphatic rings. The Bertz CT molecular complexity index is 147. The zero-order chi connectivity index (χ0) is 11.9. The Labute approximate surface area is 93.9 Å². The summed E-state index contributed by atoms with van der Waals surface area (Å²) in [5.41, 5.74) is -0.0172. The molecule has 0 aromatic rings. The smallest absolute Gasteiger partial charge is 0.0687 e. The van der Waals surface area contributed by atoms with Crippen LogP contribution in [0.5, 0.6) is 0 Å². The summed E-state index contributed by atoms with van der Waals surface area (Å²) in [6.45, 7) is 9.81. The summed E-state index contributed by atoms with van der Waals surface area (Å²) in [7, 11) is 0. The minimum atomic E-state index is -0.296. The van der Waals surface area contributed by atoms with Gasteiger partial charge in [0.15, 0.2) is 0 Å². The van der Waals surface area contributed by atoms with Crippen LogP contribution in [0.25, 0.3) is 0 Å². The van der Waals surface area contributed by atoms with Gasteiger partial charge in [0.25, 0.3) is 0 Å². The Kier molecular flexibility index (Phi) is 7.14. The molecular formula is C12H27NO2. The highest BCUT2D eigenvalue weighted by Gasteiger charge is 2.24. The van der Waals surface area contributed by atoms with E-state index in [1.165, 1.54) is 0 Å². The highest BCUT2D eigenvalue weighted by Crippen LogP contribution is 2.24. The molecule has 15 heavy (non-hydrogen) atoms. The summed E-state index contributed by atoms with van der Waals surface area (Å²) in [6.07, 6.45) is 1.63. The number of hydrogen-bond acceptors (Lipinski definition) is 3. The van der Waals surface area contributed by atoms with Gasteiger partial charge in [0.2, 0.25) is 0 Å². The molecule has 0 bridgehead atoms. The van der Waals surface area contributed by atoms with Crippen molar-refractivity contribution < 1.29 is 10.2 Å². The highest BCUT2D eigenvalue weighted by molar-refractivity contribution is 4.79. The molecule has 0 fully saturated rings. The first-order valence-corrected chi connectivity index (χ1v) is 6.01. The van der Waals surface area contributed by atoms with E-state index >= 15 is 0 Å². The van der Waals surface area contributed by atoms with Crippen LogP contribution in [0, 0.1) is 11.3 Å². The van der Waals surface area contributed by atoms with Gasteiger partial charge in [0.1, 0.15) is 0 Å². The Morgan fingerprint density at radius 2 is 1.73 bits per heavy atom. The quantitative estimate of drug-likeness (QED) is 0.576. The van der Waals surface area contributed by atoms with Gasteiger partial charge in [0.05, 0.1) is 6.10 Å². The van der Waals surface area contributed by atoms with Gasteiger partial charge in [-0.25, -0.2) is 0 Å². The van der Waals surface area contributed by atoms with Crippen LogP contribution in [-0.2, 0) is 0 Å². The Morgan fingerprint density at radius 1 is 1.20 bits per heavy atom. The molecule has 3 heteroatoms. The molecule has 0 spiro atoms. The fourth-order valence-corrected chi connectivity index (χ4v) is 1.50. The number of aliphatic hydroxyl groups excluding tert-OH is 2. The second kappa shape index (κ2) is 7.20. The monoisotopic (exact) mass is 217 g/mol. The van der Waals surface area contributed by atoms with Gasteiger partial charge in [-0.05, 0) is 18.8 Å². The lowest BCUT2D eigenvalue weighted by Gasteiger charge is -2.30. The minimum Gasteiger partial charge on any atom is -0.396 e. The van der Waals surface area contributed by atoms with Crippen molar-refractivity contribution in [1.29, 1.82) is 0 Å². The fourth-order valence-electron chi connectivity index (χ4n) is 1.50. The van der Waals surface area contributed by atoms with E-state index < -0.39 is 0 Å². The van der Waals surface area contributed by atoms with Gasteiger partial charge in [0, 0.05) is 25.1 Å². The van der Waals surface area contributed by atoms with Crippen LogP contribution in [0.4, 0.5) is 0 Å². The van der Waals surface area contributed by atoms with Gasteiger partial charge in [-0.15, -0.1) is 0 Å². The minimum absolute atomic E-state index is 0.0172. The molecule has 3 N–H and O–H groups in total. The van der Waals surface area contributed by atoms with Crippen molar-refractivity contribution >= 4 is 0 Å². The maximum atomic E-state index is 9.62. The summed E-state index contributed by atoms with van der Waals surface area (Å²) in [4.78, 5) is 0. The third-order valence-corrected chi connectivity index (χ3v) is 3.46. The molecule has 0 aromatic carbocycles. The first kappa shape index (κ1) is 14.9. The predicted molar refractivity (Wildman–Crippen MR) is 63.8 cm³/mol. The van der Waals surface area contributed by atoms with Gasteiger partial charge in [-0.2, -0.15) is 0 Å². The molecule has 1 atom stereocenters. The van der Waals surface area contributed by atoms with Crippen molar-refractivity contribution in [2.75, 3.05) is 19.7 Å². The van der Waals surface area contributed by atoms with Crippen LogP contribution >= 0.6 is 0 Å². The number of hydrogen-bond donors (Lipinski definition) is 3. The van der Waals surface area contributed by atoms with Crippen molar-refractivity contribution in [3.05, 3.63) is 0 Å². The maximum absolute atomic E-state index is 9.62. The van der Waals surface area contributed by atoms with Gasteiger partial charge in [-0.1, -0.05) is 27.7 Å². The number of aliphatic hydroxyl groups is 2. The number of nitrogens with one attached hydrogen (secondary N) is 1. The van der Waals surface area contributed by atoms with Crippen molar-refractivity contribution in [3.8, 4) is 0 Å². The van der Waals surface area contributed by atoms with Crippen molar-refractivity contribution in [2.24, 2.45) is 11.3 Å². The molecule has 0 aliphatic heterocycles. The molecule has 3 nitrogen and oxygen atoms in total. The van der Waals surface area contributed by atoms with Crippen LogP contribution in [-0.4, -0.2) is 36.0 Å². The van der Waals surface area contributed by atoms with Crippen molar-refractivity contribution in [2.45, 2.75) is 46.6 Å². The topological polar surface area (TPSA) is 52.5 Å². The van der Waals surface area contributed by atoms with Gasteiger partial charge < -0.3 is 15.5 Å². The van der Waals surface area contributed by atoms with E-state index in [-0.39, 0.29) is 24.0 Å². The Balaban J connectivity index is 3.91. The third-order valence-electron chi connectivity index (χ3n) is 3.46. The van der Waals surface area contributed by atoms with Crippen LogP contribution < -0.4 is 5.32 Å². The van der Waals surface area contributed by atoms with Crippen LogP contribution in [0.1, 0.15) is 40.5 Å². The average Bonchev–Trinajstić information content (AvgIpc) is 2.24.